The van der Waals surface area contributed by atoms with Crippen molar-refractivity contribution >= 4 is 5.91 Å². The van der Waals surface area contributed by atoms with Crippen molar-refractivity contribution < 1.29 is 9.32 Å². The van der Waals surface area contributed by atoms with E-state index < -0.39 is 0 Å². The minimum atomic E-state index is -0.271. The van der Waals surface area contributed by atoms with Crippen LogP contribution in [0.4, 0.5) is 0 Å². The number of amides is 1. The predicted molar refractivity (Wildman–Crippen MR) is 95.6 cm³/mol. The lowest BCUT2D eigenvalue weighted by Crippen LogP contribution is -2.33. The second-order valence-corrected chi connectivity index (χ2v) is 6.67. The molecule has 0 saturated carbocycles. The minimum Gasteiger partial charge on any atom is -0.384 e. The molecule has 3 rings (SSSR count). The fraction of sp³-hybridized carbons (Fsp3) is 0.474. The number of carbonyl (C=O) groups is 1. The van der Waals surface area contributed by atoms with Crippen LogP contribution in [0.2, 0.25) is 0 Å². The van der Waals surface area contributed by atoms with E-state index in [0.717, 1.165) is 19.6 Å². The van der Waals surface area contributed by atoms with Gasteiger partial charge < -0.3 is 14.7 Å². The molecule has 1 atom stereocenters. The number of hydrogen-bond acceptors (Lipinski definition) is 4. The van der Waals surface area contributed by atoms with Crippen molar-refractivity contribution in [2.24, 2.45) is 0 Å². The molecular formula is C19H25N3O3. The number of nitrogens with one attached hydrogen (secondary N) is 2. The molecule has 25 heavy (non-hydrogen) atoms. The highest BCUT2D eigenvalue weighted by molar-refractivity contribution is 5.76. The van der Waals surface area contributed by atoms with E-state index >= 15 is 0 Å². The topological polar surface area (TPSA) is 78.3 Å². The van der Waals surface area contributed by atoms with Crippen LogP contribution in [0.5, 0.6) is 0 Å². The number of benzene rings is 1. The highest BCUT2D eigenvalue weighted by Crippen LogP contribution is 2.28. The SMILES string of the molecule is Cc1ccccc1[C@H]1CCN(CCNC(=O)CCc2cc(=O)[nH]o2)C1. The van der Waals surface area contributed by atoms with Crippen molar-refractivity contribution in [3.8, 4) is 0 Å². The van der Waals surface area contributed by atoms with Crippen LogP contribution in [0.3, 0.4) is 0 Å². The molecule has 134 valence electrons. The number of likely N-dealkylation sites (tertiary alicyclic amines) is 1. The van der Waals surface area contributed by atoms with Crippen molar-refractivity contribution in [1.82, 2.24) is 15.4 Å². The first-order valence-electron chi connectivity index (χ1n) is 8.84. The number of hydrogen-bond donors (Lipinski definition) is 2. The molecule has 1 aromatic carbocycles. The molecule has 2 aromatic rings. The number of aromatic amines is 1. The minimum absolute atomic E-state index is 0.0153. The summed E-state index contributed by atoms with van der Waals surface area (Å²) in [7, 11) is 0. The highest BCUT2D eigenvalue weighted by Gasteiger charge is 2.24. The fourth-order valence-electron chi connectivity index (χ4n) is 3.46. The average molecular weight is 343 g/mol. The van der Waals surface area contributed by atoms with Gasteiger partial charge in [0.1, 0.15) is 5.76 Å². The van der Waals surface area contributed by atoms with Crippen LogP contribution in [-0.4, -0.2) is 42.1 Å². The van der Waals surface area contributed by atoms with Crippen molar-refractivity contribution in [2.45, 2.75) is 32.1 Å². The Morgan fingerprint density at radius 1 is 1.40 bits per heavy atom. The fourth-order valence-corrected chi connectivity index (χ4v) is 3.46. The monoisotopic (exact) mass is 343 g/mol. The molecule has 1 saturated heterocycles. The smallest absolute Gasteiger partial charge is 0.280 e. The summed E-state index contributed by atoms with van der Waals surface area (Å²) in [4.78, 5) is 25.2. The third kappa shape index (κ3) is 4.82. The Morgan fingerprint density at radius 2 is 2.24 bits per heavy atom. The summed E-state index contributed by atoms with van der Waals surface area (Å²) >= 11 is 0. The summed E-state index contributed by atoms with van der Waals surface area (Å²) in [6.45, 7) is 5.81. The number of carbonyl (C=O) groups excluding carboxylic acids is 1. The summed E-state index contributed by atoms with van der Waals surface area (Å²) in [5, 5.41) is 5.17. The quantitative estimate of drug-likeness (QED) is 0.804. The molecule has 0 aliphatic carbocycles. The third-order valence-electron chi connectivity index (χ3n) is 4.82. The van der Waals surface area contributed by atoms with E-state index in [0.29, 0.717) is 31.1 Å². The van der Waals surface area contributed by atoms with Crippen LogP contribution >= 0.6 is 0 Å². The lowest BCUT2D eigenvalue weighted by molar-refractivity contribution is -0.121. The van der Waals surface area contributed by atoms with Gasteiger partial charge in [-0.3, -0.25) is 9.59 Å². The van der Waals surface area contributed by atoms with Gasteiger partial charge in [0.25, 0.3) is 5.56 Å². The molecule has 6 heteroatoms. The van der Waals surface area contributed by atoms with Crippen molar-refractivity contribution in [3.05, 3.63) is 57.6 Å². The van der Waals surface area contributed by atoms with Crippen molar-refractivity contribution in [3.63, 3.8) is 0 Å². The molecule has 2 N–H and O–H groups in total. The Labute approximate surface area is 147 Å². The van der Waals surface area contributed by atoms with Crippen molar-refractivity contribution in [2.75, 3.05) is 26.2 Å². The molecule has 1 aliphatic rings. The van der Waals surface area contributed by atoms with E-state index in [9.17, 15) is 9.59 Å². The Morgan fingerprint density at radius 3 is 3.00 bits per heavy atom. The van der Waals surface area contributed by atoms with Crippen molar-refractivity contribution in [1.29, 1.82) is 0 Å². The van der Waals surface area contributed by atoms with Crippen LogP contribution < -0.4 is 10.9 Å². The zero-order valence-corrected chi connectivity index (χ0v) is 14.6. The molecule has 2 heterocycles. The van der Waals surface area contributed by atoms with Gasteiger partial charge in [-0.1, -0.05) is 24.3 Å². The molecule has 1 aliphatic heterocycles. The van der Waals surface area contributed by atoms with E-state index in [4.69, 9.17) is 4.52 Å². The highest BCUT2D eigenvalue weighted by atomic mass is 16.5. The number of nitrogens with zero attached hydrogens (tertiary/aromatic N) is 1. The van der Waals surface area contributed by atoms with Gasteiger partial charge in [-0.2, -0.15) is 5.16 Å². The first kappa shape index (κ1) is 17.5. The number of H-pyrrole nitrogens is 1. The van der Waals surface area contributed by atoms with Crippen LogP contribution in [0.25, 0.3) is 0 Å². The first-order valence-corrected chi connectivity index (χ1v) is 8.84. The van der Waals surface area contributed by atoms with Crippen LogP contribution in [0.15, 0.2) is 39.6 Å². The molecule has 0 bridgehead atoms. The molecular weight excluding hydrogens is 318 g/mol. The van der Waals surface area contributed by atoms with E-state index in [1.165, 1.54) is 23.6 Å². The third-order valence-corrected chi connectivity index (χ3v) is 4.82. The second-order valence-electron chi connectivity index (χ2n) is 6.67. The Kier molecular flexibility index (Phi) is 5.71. The van der Waals surface area contributed by atoms with Gasteiger partial charge >= 0.3 is 0 Å². The maximum atomic E-state index is 11.9. The van der Waals surface area contributed by atoms with E-state index in [1.807, 2.05) is 0 Å². The van der Waals surface area contributed by atoms with E-state index in [1.54, 1.807) is 0 Å². The largest absolute Gasteiger partial charge is 0.384 e. The maximum Gasteiger partial charge on any atom is 0.280 e. The predicted octanol–water partition coefficient (Wildman–Crippen LogP) is 1.81. The molecule has 1 aromatic heterocycles. The zero-order valence-electron chi connectivity index (χ0n) is 14.6. The first-order chi connectivity index (χ1) is 12.1. The summed E-state index contributed by atoms with van der Waals surface area (Å²) in [5.41, 5.74) is 2.54. The Bertz CT molecular complexity index is 765. The summed E-state index contributed by atoms with van der Waals surface area (Å²) in [5.74, 6) is 1.09. The van der Waals surface area contributed by atoms with Gasteiger partial charge in [0.15, 0.2) is 0 Å². The molecule has 0 radical (unpaired) electrons. The van der Waals surface area contributed by atoms with Gasteiger partial charge in [0.2, 0.25) is 5.91 Å². The number of rotatable bonds is 7. The Balaban J connectivity index is 1.36. The normalized spacial score (nSPS) is 17.7. The van der Waals surface area contributed by atoms with Gasteiger partial charge in [0, 0.05) is 38.5 Å². The van der Waals surface area contributed by atoms with E-state index in [2.05, 4.69) is 46.6 Å². The molecule has 1 amide bonds. The zero-order chi connectivity index (χ0) is 17.6. The van der Waals surface area contributed by atoms with Gasteiger partial charge in [-0.25, -0.2) is 0 Å². The lowest BCUT2D eigenvalue weighted by atomic mass is 9.94. The van der Waals surface area contributed by atoms with Gasteiger partial charge in [-0.15, -0.1) is 0 Å². The van der Waals surface area contributed by atoms with E-state index in [-0.39, 0.29) is 11.5 Å². The number of aryl methyl sites for hydroxylation is 2. The number of aromatic nitrogens is 1. The maximum absolute atomic E-state index is 11.9. The second kappa shape index (κ2) is 8.16. The lowest BCUT2D eigenvalue weighted by Gasteiger charge is -2.17. The Hall–Kier alpha value is -2.34. The van der Waals surface area contributed by atoms with Crippen LogP contribution in [-0.2, 0) is 11.2 Å². The summed E-state index contributed by atoms with van der Waals surface area (Å²) in [6, 6.07) is 9.97. The van der Waals surface area contributed by atoms with Crippen LogP contribution in [0.1, 0.15) is 35.6 Å². The molecule has 6 nitrogen and oxygen atoms in total. The van der Waals surface area contributed by atoms with Gasteiger partial charge in [-0.05, 0) is 36.9 Å². The summed E-state index contributed by atoms with van der Waals surface area (Å²) in [6.07, 6.45) is 1.93. The van der Waals surface area contributed by atoms with Crippen LogP contribution in [0, 0.1) is 6.92 Å². The van der Waals surface area contributed by atoms with Gasteiger partial charge in [0.05, 0.1) is 0 Å². The average Bonchev–Trinajstić information content (AvgIpc) is 3.22. The molecule has 0 spiro atoms. The molecule has 0 unspecified atom stereocenters. The standard InChI is InChI=1S/C19H25N3O3/c1-14-4-2-3-5-17(14)15-8-10-22(13-15)11-9-20-18(23)7-6-16-12-19(24)21-25-16/h2-5,12,15H,6-11,13H2,1H3,(H,20,23)(H,21,24)/t15-/m0/s1. The molecule has 1 fully saturated rings. The summed E-state index contributed by atoms with van der Waals surface area (Å²) < 4.78 is 4.94.